The molecule has 4 nitrogen and oxygen atoms in total. The number of carbonyl (C=O) groups is 1. The van der Waals surface area contributed by atoms with Gasteiger partial charge in [-0.05, 0) is 51.1 Å². The number of rotatable bonds is 3. The summed E-state index contributed by atoms with van der Waals surface area (Å²) in [6.45, 7) is 5.99. The van der Waals surface area contributed by atoms with Gasteiger partial charge in [0.2, 0.25) is 0 Å². The van der Waals surface area contributed by atoms with Gasteiger partial charge in [0, 0.05) is 22.4 Å². The fourth-order valence-electron chi connectivity index (χ4n) is 1.85. The molecule has 2 rings (SSSR count). The zero-order chi connectivity index (χ0) is 14.0. The first kappa shape index (κ1) is 13.6. The van der Waals surface area contributed by atoms with Gasteiger partial charge in [0.25, 0.3) is 5.91 Å². The molecule has 1 aromatic heterocycles. The number of nitrogens with zero attached hydrogens (tertiary/aromatic N) is 2. The predicted molar refractivity (Wildman–Crippen MR) is 76.8 cm³/mol. The molecule has 100 valence electrons. The maximum absolute atomic E-state index is 12.1. The number of hydrogen-bond acceptors (Lipinski definition) is 2. The Hall–Kier alpha value is -1.81. The first-order chi connectivity index (χ1) is 8.97. The van der Waals surface area contributed by atoms with Gasteiger partial charge in [-0.15, -0.1) is 0 Å². The van der Waals surface area contributed by atoms with Crippen LogP contribution in [0.3, 0.4) is 0 Å². The van der Waals surface area contributed by atoms with Crippen LogP contribution >= 0.6 is 11.6 Å². The second-order valence-electron chi connectivity index (χ2n) is 4.67. The summed E-state index contributed by atoms with van der Waals surface area (Å²) in [5.41, 5.74) is 2.09. The minimum atomic E-state index is -0.218. The standard InChI is InChI=1S/C14H16ClN3O/c1-9(2)18-10(3)8-13(17-18)14(19)16-12-6-4-11(15)5-7-12/h4-9H,1-3H3,(H,16,19). The molecule has 19 heavy (non-hydrogen) atoms. The number of anilines is 1. The summed E-state index contributed by atoms with van der Waals surface area (Å²) in [5.74, 6) is -0.218. The minimum absolute atomic E-state index is 0.218. The van der Waals surface area contributed by atoms with E-state index in [2.05, 4.69) is 10.4 Å². The van der Waals surface area contributed by atoms with Crippen LogP contribution in [-0.4, -0.2) is 15.7 Å². The van der Waals surface area contributed by atoms with Gasteiger partial charge in [0.1, 0.15) is 0 Å². The van der Waals surface area contributed by atoms with Gasteiger partial charge in [0.15, 0.2) is 5.69 Å². The van der Waals surface area contributed by atoms with E-state index < -0.39 is 0 Å². The topological polar surface area (TPSA) is 46.9 Å². The molecule has 0 radical (unpaired) electrons. The molecule has 0 aliphatic rings. The molecule has 1 amide bonds. The van der Waals surface area contributed by atoms with Crippen molar-refractivity contribution in [2.24, 2.45) is 0 Å². The van der Waals surface area contributed by atoms with Crippen molar-refractivity contribution in [3.63, 3.8) is 0 Å². The molecule has 5 heteroatoms. The van der Waals surface area contributed by atoms with E-state index >= 15 is 0 Å². The lowest BCUT2D eigenvalue weighted by atomic mass is 10.3. The summed E-state index contributed by atoms with van der Waals surface area (Å²) in [4.78, 5) is 12.1. The summed E-state index contributed by atoms with van der Waals surface area (Å²) in [5, 5.41) is 7.73. The number of aryl methyl sites for hydroxylation is 1. The average molecular weight is 278 g/mol. The van der Waals surface area contributed by atoms with Crippen molar-refractivity contribution in [3.05, 3.63) is 46.7 Å². The normalized spacial score (nSPS) is 10.8. The Labute approximate surface area is 117 Å². The third-order valence-corrected chi connectivity index (χ3v) is 3.00. The fourth-order valence-corrected chi connectivity index (χ4v) is 1.98. The van der Waals surface area contributed by atoms with E-state index in [9.17, 15) is 4.79 Å². The second kappa shape index (κ2) is 5.45. The maximum Gasteiger partial charge on any atom is 0.276 e. The van der Waals surface area contributed by atoms with Crippen LogP contribution in [0.2, 0.25) is 5.02 Å². The van der Waals surface area contributed by atoms with Gasteiger partial charge in [-0.3, -0.25) is 9.48 Å². The average Bonchev–Trinajstić information content (AvgIpc) is 2.74. The van der Waals surface area contributed by atoms with Crippen LogP contribution in [0.25, 0.3) is 0 Å². The first-order valence-electron chi connectivity index (χ1n) is 6.10. The Balaban J connectivity index is 2.16. The van der Waals surface area contributed by atoms with Crippen molar-refractivity contribution in [2.45, 2.75) is 26.8 Å². The number of hydrogen-bond donors (Lipinski definition) is 1. The lowest BCUT2D eigenvalue weighted by molar-refractivity contribution is 0.102. The molecular weight excluding hydrogens is 262 g/mol. The Morgan fingerprint density at radius 3 is 2.47 bits per heavy atom. The summed E-state index contributed by atoms with van der Waals surface area (Å²) < 4.78 is 1.83. The number of benzene rings is 1. The van der Waals surface area contributed by atoms with E-state index in [4.69, 9.17) is 11.6 Å². The molecular formula is C14H16ClN3O. The van der Waals surface area contributed by atoms with E-state index in [0.717, 1.165) is 5.69 Å². The van der Waals surface area contributed by atoms with Gasteiger partial charge < -0.3 is 5.32 Å². The second-order valence-corrected chi connectivity index (χ2v) is 5.11. The van der Waals surface area contributed by atoms with Gasteiger partial charge in [-0.1, -0.05) is 11.6 Å². The number of aromatic nitrogens is 2. The molecule has 0 spiro atoms. The third kappa shape index (κ3) is 3.15. The SMILES string of the molecule is Cc1cc(C(=O)Nc2ccc(Cl)cc2)nn1C(C)C. The lowest BCUT2D eigenvalue weighted by Crippen LogP contribution is -2.13. The van der Waals surface area contributed by atoms with Crippen molar-refractivity contribution >= 4 is 23.2 Å². The van der Waals surface area contributed by atoms with Crippen LogP contribution in [0, 0.1) is 6.92 Å². The van der Waals surface area contributed by atoms with Crippen LogP contribution in [0.15, 0.2) is 30.3 Å². The molecule has 0 fully saturated rings. The maximum atomic E-state index is 12.1. The van der Waals surface area contributed by atoms with E-state index in [-0.39, 0.29) is 11.9 Å². The van der Waals surface area contributed by atoms with Crippen LogP contribution in [0.5, 0.6) is 0 Å². The van der Waals surface area contributed by atoms with Gasteiger partial charge >= 0.3 is 0 Å². The van der Waals surface area contributed by atoms with Gasteiger partial charge in [-0.25, -0.2) is 0 Å². The molecule has 0 unspecified atom stereocenters. The Kier molecular flexibility index (Phi) is 3.90. The van der Waals surface area contributed by atoms with Crippen LogP contribution in [-0.2, 0) is 0 Å². The van der Waals surface area contributed by atoms with Crippen LogP contribution < -0.4 is 5.32 Å². The Morgan fingerprint density at radius 1 is 1.32 bits per heavy atom. The van der Waals surface area contributed by atoms with Crippen molar-refractivity contribution in [3.8, 4) is 0 Å². The zero-order valence-electron chi connectivity index (χ0n) is 11.1. The van der Waals surface area contributed by atoms with E-state index in [1.54, 1.807) is 30.3 Å². The largest absolute Gasteiger partial charge is 0.321 e. The van der Waals surface area contributed by atoms with Crippen molar-refractivity contribution in [1.29, 1.82) is 0 Å². The molecule has 2 aromatic rings. The molecule has 0 aliphatic heterocycles. The van der Waals surface area contributed by atoms with Crippen LogP contribution in [0.1, 0.15) is 36.1 Å². The van der Waals surface area contributed by atoms with Crippen molar-refractivity contribution in [2.75, 3.05) is 5.32 Å². The van der Waals surface area contributed by atoms with E-state index in [1.807, 2.05) is 25.5 Å². The smallest absolute Gasteiger partial charge is 0.276 e. The summed E-state index contributed by atoms with van der Waals surface area (Å²) in [7, 11) is 0. The molecule has 0 atom stereocenters. The lowest BCUT2D eigenvalue weighted by Gasteiger charge is -2.07. The van der Waals surface area contributed by atoms with Crippen molar-refractivity contribution in [1.82, 2.24) is 9.78 Å². The Bertz CT molecular complexity index is 587. The fraction of sp³-hybridized carbons (Fsp3) is 0.286. The Morgan fingerprint density at radius 2 is 1.95 bits per heavy atom. The van der Waals surface area contributed by atoms with Crippen LogP contribution in [0.4, 0.5) is 5.69 Å². The molecule has 1 aromatic carbocycles. The summed E-state index contributed by atoms with van der Waals surface area (Å²) in [6.07, 6.45) is 0. The molecule has 0 saturated carbocycles. The summed E-state index contributed by atoms with van der Waals surface area (Å²) in [6, 6.07) is 8.99. The highest BCUT2D eigenvalue weighted by Gasteiger charge is 2.13. The highest BCUT2D eigenvalue weighted by molar-refractivity contribution is 6.30. The molecule has 0 saturated heterocycles. The predicted octanol–water partition coefficient (Wildman–Crippen LogP) is 3.68. The molecule has 1 N–H and O–H groups in total. The highest BCUT2D eigenvalue weighted by atomic mass is 35.5. The van der Waals surface area contributed by atoms with E-state index in [0.29, 0.717) is 16.4 Å². The number of nitrogens with one attached hydrogen (secondary N) is 1. The minimum Gasteiger partial charge on any atom is -0.321 e. The van der Waals surface area contributed by atoms with Crippen molar-refractivity contribution < 1.29 is 4.79 Å². The quantitative estimate of drug-likeness (QED) is 0.930. The zero-order valence-corrected chi connectivity index (χ0v) is 11.9. The van der Waals surface area contributed by atoms with Gasteiger partial charge in [0.05, 0.1) is 0 Å². The highest BCUT2D eigenvalue weighted by Crippen LogP contribution is 2.15. The third-order valence-electron chi connectivity index (χ3n) is 2.75. The number of carbonyl (C=O) groups excluding carboxylic acids is 1. The van der Waals surface area contributed by atoms with E-state index in [1.165, 1.54) is 0 Å². The first-order valence-corrected chi connectivity index (χ1v) is 6.48. The molecule has 0 bridgehead atoms. The monoisotopic (exact) mass is 277 g/mol. The molecule has 0 aliphatic carbocycles. The molecule has 1 heterocycles. The summed E-state index contributed by atoms with van der Waals surface area (Å²) >= 11 is 5.80. The number of halogens is 1. The number of amides is 1. The van der Waals surface area contributed by atoms with Gasteiger partial charge in [-0.2, -0.15) is 5.10 Å².